The van der Waals surface area contributed by atoms with Gasteiger partial charge in [0.05, 0.1) is 5.69 Å². The average molecular weight is 472 g/mol. The van der Waals surface area contributed by atoms with Gasteiger partial charge < -0.3 is 0 Å². The minimum absolute atomic E-state index is 0.00322. The molecule has 2 aliphatic rings. The lowest BCUT2D eigenvalue weighted by molar-refractivity contribution is 0.660. The first-order valence-electron chi connectivity index (χ1n) is 13.0. The summed E-state index contributed by atoms with van der Waals surface area (Å²) in [6, 6.07) is 35.5. The fourth-order valence-corrected chi connectivity index (χ4v) is 6.74. The lowest BCUT2D eigenvalue weighted by Crippen LogP contribution is -2.14. The minimum Gasteiger partial charge on any atom is -0.256 e. The second kappa shape index (κ2) is 7.27. The van der Waals surface area contributed by atoms with Gasteiger partial charge in [0.25, 0.3) is 0 Å². The summed E-state index contributed by atoms with van der Waals surface area (Å²) in [5, 5.41) is 5.14. The topological polar surface area (TPSA) is 12.9 Å². The van der Waals surface area contributed by atoms with Crippen LogP contribution < -0.4 is 0 Å². The molecule has 5 aromatic carbocycles. The van der Waals surface area contributed by atoms with Crippen molar-refractivity contribution in [1.82, 2.24) is 4.98 Å². The van der Waals surface area contributed by atoms with Crippen LogP contribution in [0.25, 0.3) is 67.2 Å². The summed E-state index contributed by atoms with van der Waals surface area (Å²) in [5.74, 6) is 0. The Kier molecular flexibility index (Phi) is 4.06. The number of nitrogens with zero attached hydrogens (tertiary/aromatic N) is 1. The lowest BCUT2D eigenvalue weighted by atomic mass is 9.82. The van der Waals surface area contributed by atoms with E-state index >= 15 is 0 Å². The molecule has 174 valence electrons. The van der Waals surface area contributed by atoms with Crippen LogP contribution in [0.3, 0.4) is 0 Å². The van der Waals surface area contributed by atoms with Gasteiger partial charge in [0, 0.05) is 28.1 Å². The molecule has 0 amide bonds. The quantitative estimate of drug-likeness (QED) is 0.181. The van der Waals surface area contributed by atoms with E-state index in [1.165, 1.54) is 71.6 Å². The van der Waals surface area contributed by atoms with E-state index in [4.69, 9.17) is 4.98 Å². The zero-order chi connectivity index (χ0) is 24.7. The molecule has 37 heavy (non-hydrogen) atoms. The standard InChI is InChI=1S/C36H25N/c1-36(2)31-15-6-5-10-25(31)26-19-17-22(21-32(26)36)16-18-24-23-9-3-4-11-28(23)34-33-27(24)12-7-13-29(33)30-14-8-20-37-35(30)34/h3-21H,1-2H3/b18-16+. The first-order chi connectivity index (χ1) is 18.1. The second-order valence-electron chi connectivity index (χ2n) is 10.8. The molecule has 2 aliphatic carbocycles. The maximum Gasteiger partial charge on any atom is 0.0793 e. The van der Waals surface area contributed by atoms with Crippen molar-refractivity contribution in [3.8, 4) is 33.5 Å². The Labute approximate surface area is 216 Å². The van der Waals surface area contributed by atoms with Crippen molar-refractivity contribution in [2.24, 2.45) is 0 Å². The van der Waals surface area contributed by atoms with Gasteiger partial charge in [-0.3, -0.25) is 4.98 Å². The number of aromatic nitrogens is 1. The van der Waals surface area contributed by atoms with Crippen LogP contribution in [0.5, 0.6) is 0 Å². The molecule has 0 saturated heterocycles. The van der Waals surface area contributed by atoms with E-state index < -0.39 is 0 Å². The SMILES string of the molecule is CC1(C)c2ccccc2-c2ccc(/C=C/c3c4ccccc4c4c5c(cccc35)-c3cccnc3-4)cc21. The molecule has 0 fully saturated rings. The van der Waals surface area contributed by atoms with Crippen LogP contribution in [-0.4, -0.2) is 4.98 Å². The van der Waals surface area contributed by atoms with E-state index in [-0.39, 0.29) is 5.41 Å². The first-order valence-corrected chi connectivity index (χ1v) is 13.0. The molecule has 0 atom stereocenters. The summed E-state index contributed by atoms with van der Waals surface area (Å²) in [4.78, 5) is 4.82. The number of benzene rings is 5. The van der Waals surface area contributed by atoms with E-state index in [2.05, 4.69) is 117 Å². The van der Waals surface area contributed by atoms with Gasteiger partial charge in [0.15, 0.2) is 0 Å². The summed E-state index contributed by atoms with van der Waals surface area (Å²) < 4.78 is 0. The van der Waals surface area contributed by atoms with Crippen molar-refractivity contribution < 1.29 is 0 Å². The minimum atomic E-state index is 0.00322. The van der Waals surface area contributed by atoms with Crippen LogP contribution in [0, 0.1) is 0 Å². The highest BCUT2D eigenvalue weighted by molar-refractivity contribution is 6.26. The van der Waals surface area contributed by atoms with Crippen LogP contribution in [0.2, 0.25) is 0 Å². The van der Waals surface area contributed by atoms with E-state index in [0.29, 0.717) is 0 Å². The Hall–Kier alpha value is -4.49. The third-order valence-corrected chi connectivity index (χ3v) is 8.48. The fourth-order valence-electron chi connectivity index (χ4n) is 6.74. The highest BCUT2D eigenvalue weighted by Gasteiger charge is 2.35. The molecule has 0 saturated carbocycles. The number of hydrogen-bond acceptors (Lipinski definition) is 1. The van der Waals surface area contributed by atoms with E-state index in [1.54, 1.807) is 0 Å². The maximum atomic E-state index is 4.82. The van der Waals surface area contributed by atoms with Gasteiger partial charge in [-0.2, -0.15) is 0 Å². The van der Waals surface area contributed by atoms with Crippen molar-refractivity contribution in [3.05, 3.63) is 126 Å². The normalized spacial score (nSPS) is 14.3. The van der Waals surface area contributed by atoms with Crippen LogP contribution in [0.4, 0.5) is 0 Å². The summed E-state index contributed by atoms with van der Waals surface area (Å²) in [5.41, 5.74) is 12.9. The van der Waals surface area contributed by atoms with Gasteiger partial charge in [-0.15, -0.1) is 0 Å². The Morgan fingerprint density at radius 3 is 2.24 bits per heavy atom. The van der Waals surface area contributed by atoms with Gasteiger partial charge >= 0.3 is 0 Å². The van der Waals surface area contributed by atoms with Crippen molar-refractivity contribution in [3.63, 3.8) is 0 Å². The molecule has 0 radical (unpaired) electrons. The molecule has 1 aromatic heterocycles. The van der Waals surface area contributed by atoms with Crippen LogP contribution in [0.1, 0.15) is 36.1 Å². The molecule has 0 spiro atoms. The summed E-state index contributed by atoms with van der Waals surface area (Å²) in [6.07, 6.45) is 6.52. The van der Waals surface area contributed by atoms with Crippen molar-refractivity contribution >= 4 is 33.7 Å². The third-order valence-electron chi connectivity index (χ3n) is 8.48. The van der Waals surface area contributed by atoms with Gasteiger partial charge in [-0.05, 0) is 61.2 Å². The zero-order valence-electron chi connectivity index (χ0n) is 20.9. The van der Waals surface area contributed by atoms with E-state index in [0.717, 1.165) is 5.69 Å². The van der Waals surface area contributed by atoms with Crippen LogP contribution in [0.15, 0.2) is 103 Å². The Morgan fingerprint density at radius 1 is 0.595 bits per heavy atom. The highest BCUT2D eigenvalue weighted by atomic mass is 14.7. The van der Waals surface area contributed by atoms with Gasteiger partial charge in [-0.1, -0.05) is 117 Å². The van der Waals surface area contributed by atoms with Crippen LogP contribution in [-0.2, 0) is 5.41 Å². The summed E-state index contributed by atoms with van der Waals surface area (Å²) in [6.45, 7) is 4.68. The number of pyridine rings is 1. The lowest BCUT2D eigenvalue weighted by Gasteiger charge is -2.21. The molecule has 6 aromatic rings. The smallest absolute Gasteiger partial charge is 0.0793 e. The molecule has 1 nitrogen and oxygen atoms in total. The molecule has 1 heteroatoms. The number of hydrogen-bond donors (Lipinski definition) is 0. The van der Waals surface area contributed by atoms with Gasteiger partial charge in [-0.25, -0.2) is 0 Å². The number of fused-ring (bicyclic) bond motifs is 8. The Bertz CT molecular complexity index is 1950. The monoisotopic (exact) mass is 471 g/mol. The first kappa shape index (κ1) is 20.7. The molecule has 8 rings (SSSR count). The molecule has 0 aliphatic heterocycles. The highest BCUT2D eigenvalue weighted by Crippen LogP contribution is 2.51. The molecule has 1 heterocycles. The molecule has 0 bridgehead atoms. The fraction of sp³-hybridized carbons (Fsp3) is 0.0833. The predicted molar refractivity (Wildman–Crippen MR) is 157 cm³/mol. The molecule has 0 N–H and O–H groups in total. The maximum absolute atomic E-state index is 4.82. The van der Waals surface area contributed by atoms with E-state index in [1.807, 2.05) is 12.3 Å². The van der Waals surface area contributed by atoms with Crippen molar-refractivity contribution in [2.45, 2.75) is 19.3 Å². The Morgan fingerprint density at radius 2 is 1.32 bits per heavy atom. The Balaban J connectivity index is 1.34. The van der Waals surface area contributed by atoms with Gasteiger partial charge in [0.2, 0.25) is 0 Å². The summed E-state index contributed by atoms with van der Waals surface area (Å²) in [7, 11) is 0. The molecule has 0 unspecified atom stereocenters. The number of rotatable bonds is 2. The van der Waals surface area contributed by atoms with Crippen LogP contribution >= 0.6 is 0 Å². The average Bonchev–Trinajstić information content (AvgIpc) is 3.39. The molecular weight excluding hydrogens is 446 g/mol. The second-order valence-corrected chi connectivity index (χ2v) is 10.8. The van der Waals surface area contributed by atoms with Crippen molar-refractivity contribution in [1.29, 1.82) is 0 Å². The van der Waals surface area contributed by atoms with E-state index in [9.17, 15) is 0 Å². The third kappa shape index (κ3) is 2.72. The largest absolute Gasteiger partial charge is 0.256 e. The zero-order valence-corrected chi connectivity index (χ0v) is 20.9. The predicted octanol–water partition coefficient (Wildman–Crippen LogP) is 9.51. The molecular formula is C36H25N. The van der Waals surface area contributed by atoms with Crippen molar-refractivity contribution in [2.75, 3.05) is 0 Å². The van der Waals surface area contributed by atoms with Gasteiger partial charge in [0.1, 0.15) is 0 Å². The summed E-state index contributed by atoms with van der Waals surface area (Å²) >= 11 is 0.